The lowest BCUT2D eigenvalue weighted by atomic mass is 9.71. The van der Waals surface area contributed by atoms with Crippen LogP contribution in [0.4, 0.5) is 0 Å². The molecule has 0 radical (unpaired) electrons. The number of carbonyl (C=O) groups is 3. The second-order valence-electron chi connectivity index (χ2n) is 11.7. The van der Waals surface area contributed by atoms with Gasteiger partial charge in [0, 0.05) is 23.9 Å². The molecule has 3 heterocycles. The lowest BCUT2D eigenvalue weighted by molar-refractivity contribution is -0.153. The quantitative estimate of drug-likeness (QED) is 0.367. The molecule has 33 heavy (non-hydrogen) atoms. The molecule has 3 rings (SSSR count). The van der Waals surface area contributed by atoms with Crippen molar-refractivity contribution in [2.75, 3.05) is 19.8 Å². The molecule has 0 aromatic carbocycles. The molecule has 2 N–H and O–H groups in total. The van der Waals surface area contributed by atoms with Crippen LogP contribution in [0.25, 0.3) is 0 Å². The predicted molar refractivity (Wildman–Crippen MR) is 130 cm³/mol. The fourth-order valence-electron chi connectivity index (χ4n) is 6.54. The normalized spacial score (nSPS) is 31.1. The first-order valence-corrected chi connectivity index (χ1v) is 13.3. The fourth-order valence-corrected chi connectivity index (χ4v) is 8.75. The fraction of sp³-hybridized carbons (Fsp3) is 0.880. The van der Waals surface area contributed by atoms with Gasteiger partial charge in [0.1, 0.15) is 6.04 Å². The van der Waals surface area contributed by atoms with Gasteiger partial charge >= 0.3 is 5.97 Å². The Bertz CT molecular complexity index is 764. The zero-order valence-corrected chi connectivity index (χ0v) is 21.9. The van der Waals surface area contributed by atoms with E-state index in [1.54, 1.807) is 23.6 Å². The Kier molecular flexibility index (Phi) is 7.79. The number of rotatable bonds is 10. The number of esters is 1. The summed E-state index contributed by atoms with van der Waals surface area (Å²) >= 11 is 1.67. The topological polar surface area (TPSA) is 95.9 Å². The molecule has 2 unspecified atom stereocenters. The van der Waals surface area contributed by atoms with Crippen LogP contribution in [0.1, 0.15) is 80.1 Å². The molecule has 0 aromatic heterocycles. The van der Waals surface area contributed by atoms with Crippen molar-refractivity contribution < 1.29 is 24.2 Å². The lowest BCUT2D eigenvalue weighted by Gasteiger charge is -2.38. The summed E-state index contributed by atoms with van der Waals surface area (Å²) in [6, 6.07) is -0.585. The Balaban J connectivity index is 1.90. The number of fused-ring (bicyclic) bond motifs is 1. The molecule has 3 saturated heterocycles. The minimum atomic E-state index is -0.585. The number of hydrogen-bond acceptors (Lipinski definition) is 6. The maximum absolute atomic E-state index is 13.8. The minimum absolute atomic E-state index is 0.0347. The van der Waals surface area contributed by atoms with E-state index in [0.717, 1.165) is 32.1 Å². The average molecular weight is 483 g/mol. The summed E-state index contributed by atoms with van der Waals surface area (Å²) < 4.78 is 4.79. The largest absolute Gasteiger partial charge is 0.466 e. The summed E-state index contributed by atoms with van der Waals surface area (Å²) in [6.07, 6.45) is 4.58. The van der Waals surface area contributed by atoms with Gasteiger partial charge in [-0.25, -0.2) is 0 Å². The molecule has 8 heteroatoms. The van der Waals surface area contributed by atoms with Crippen molar-refractivity contribution in [3.05, 3.63) is 0 Å². The van der Waals surface area contributed by atoms with E-state index in [0.29, 0.717) is 13.0 Å². The highest BCUT2D eigenvalue weighted by molar-refractivity contribution is 8.02. The minimum Gasteiger partial charge on any atom is -0.466 e. The summed E-state index contributed by atoms with van der Waals surface area (Å²) in [6.45, 7) is 13.2. The van der Waals surface area contributed by atoms with E-state index in [2.05, 4.69) is 26.1 Å². The Hall–Kier alpha value is -1.28. The Morgan fingerprint density at radius 2 is 1.91 bits per heavy atom. The van der Waals surface area contributed by atoms with E-state index in [1.807, 2.05) is 13.8 Å². The Morgan fingerprint density at radius 1 is 1.21 bits per heavy atom. The summed E-state index contributed by atoms with van der Waals surface area (Å²) in [7, 11) is 0. The van der Waals surface area contributed by atoms with Crippen LogP contribution in [0.5, 0.6) is 0 Å². The van der Waals surface area contributed by atoms with Crippen LogP contribution in [-0.4, -0.2) is 69.1 Å². The van der Waals surface area contributed by atoms with Crippen LogP contribution in [0, 0.1) is 17.3 Å². The maximum Gasteiger partial charge on any atom is 0.310 e. The van der Waals surface area contributed by atoms with Crippen molar-refractivity contribution in [3.63, 3.8) is 0 Å². The second-order valence-corrected chi connectivity index (χ2v) is 13.3. The molecule has 2 bridgehead atoms. The predicted octanol–water partition coefficient (Wildman–Crippen LogP) is 3.13. The van der Waals surface area contributed by atoms with Crippen LogP contribution >= 0.6 is 11.8 Å². The third kappa shape index (κ3) is 5.21. The first-order valence-electron chi connectivity index (χ1n) is 12.4. The van der Waals surface area contributed by atoms with Gasteiger partial charge in [-0.05, 0) is 64.7 Å². The molecule has 0 aliphatic carbocycles. The van der Waals surface area contributed by atoms with Gasteiger partial charge in [0.2, 0.25) is 11.8 Å². The molecule has 3 aliphatic heterocycles. The van der Waals surface area contributed by atoms with Crippen LogP contribution in [0.3, 0.4) is 0 Å². The van der Waals surface area contributed by atoms with Crippen molar-refractivity contribution in [2.45, 2.75) is 102 Å². The van der Waals surface area contributed by atoms with Gasteiger partial charge in [0.15, 0.2) is 0 Å². The number of aliphatic hydroxyl groups excluding tert-OH is 1. The van der Waals surface area contributed by atoms with E-state index in [9.17, 15) is 14.4 Å². The lowest BCUT2D eigenvalue weighted by Crippen LogP contribution is -2.58. The first kappa shape index (κ1) is 26.3. The highest BCUT2D eigenvalue weighted by Gasteiger charge is 2.73. The highest BCUT2D eigenvalue weighted by Crippen LogP contribution is 2.66. The molecule has 5 atom stereocenters. The monoisotopic (exact) mass is 482 g/mol. The van der Waals surface area contributed by atoms with Crippen molar-refractivity contribution in [3.8, 4) is 0 Å². The van der Waals surface area contributed by atoms with Crippen LogP contribution in [-0.2, 0) is 19.1 Å². The van der Waals surface area contributed by atoms with Gasteiger partial charge in [-0.1, -0.05) is 20.8 Å². The molecule has 3 fully saturated rings. The van der Waals surface area contributed by atoms with Crippen molar-refractivity contribution in [1.82, 2.24) is 10.2 Å². The summed E-state index contributed by atoms with van der Waals surface area (Å²) in [5.41, 5.74) is -0.375. The summed E-state index contributed by atoms with van der Waals surface area (Å²) in [4.78, 5) is 42.2. The van der Waals surface area contributed by atoms with Crippen molar-refractivity contribution in [1.29, 1.82) is 0 Å². The summed E-state index contributed by atoms with van der Waals surface area (Å²) in [5.74, 6) is -1.47. The SMILES string of the molecule is CCOC(=O)[C@@H]1[C@@H]2CCC3(S2)C(C(=O)NC(C)(C)CC(C)(C)C)N(CCCCCO)C(=O)[C@H]13. The highest BCUT2D eigenvalue weighted by atomic mass is 32.2. The number of carbonyl (C=O) groups excluding carboxylic acids is 3. The third-order valence-electron chi connectivity index (χ3n) is 7.10. The van der Waals surface area contributed by atoms with Gasteiger partial charge < -0.3 is 20.1 Å². The number of ether oxygens (including phenoxy) is 1. The third-order valence-corrected chi connectivity index (χ3v) is 9.05. The van der Waals surface area contributed by atoms with Crippen LogP contribution < -0.4 is 5.32 Å². The van der Waals surface area contributed by atoms with Gasteiger partial charge in [0.05, 0.1) is 23.2 Å². The number of unbranched alkanes of at least 4 members (excludes halogenated alkanes) is 2. The molecular formula is C25H42N2O5S. The van der Waals surface area contributed by atoms with E-state index < -0.39 is 28.2 Å². The van der Waals surface area contributed by atoms with Crippen molar-refractivity contribution in [2.24, 2.45) is 17.3 Å². The van der Waals surface area contributed by atoms with Gasteiger partial charge in [0.25, 0.3) is 0 Å². The van der Waals surface area contributed by atoms with E-state index >= 15 is 0 Å². The molecule has 1 spiro atoms. The van der Waals surface area contributed by atoms with E-state index in [4.69, 9.17) is 9.84 Å². The van der Waals surface area contributed by atoms with E-state index in [-0.39, 0.29) is 41.7 Å². The number of likely N-dealkylation sites (tertiary alicyclic amines) is 1. The van der Waals surface area contributed by atoms with Crippen LogP contribution in [0.2, 0.25) is 0 Å². The van der Waals surface area contributed by atoms with Gasteiger partial charge in [-0.15, -0.1) is 11.8 Å². The standard InChI is InChI=1S/C25H42N2O5S/c1-7-32-22(31)17-16-11-12-25(33-16)18(17)21(30)27(13-9-8-10-14-28)19(25)20(29)26-24(5,6)15-23(2,3)4/h16-19,28H,7-15H2,1-6H3,(H,26,29)/t16-,17+,18-,19?,25?/m0/s1. The zero-order chi connectivity index (χ0) is 24.6. The molecule has 0 saturated carbocycles. The molecule has 7 nitrogen and oxygen atoms in total. The average Bonchev–Trinajstić information content (AvgIpc) is 3.30. The molecule has 2 amide bonds. The van der Waals surface area contributed by atoms with Crippen LogP contribution in [0.15, 0.2) is 0 Å². The number of nitrogens with zero attached hydrogens (tertiary/aromatic N) is 1. The number of hydrogen-bond donors (Lipinski definition) is 2. The summed E-state index contributed by atoms with van der Waals surface area (Å²) in [5, 5.41) is 12.4. The number of amides is 2. The maximum atomic E-state index is 13.8. The van der Waals surface area contributed by atoms with Gasteiger partial charge in [-0.2, -0.15) is 0 Å². The molecule has 3 aliphatic rings. The zero-order valence-electron chi connectivity index (χ0n) is 21.1. The number of nitrogens with one attached hydrogen (secondary N) is 1. The van der Waals surface area contributed by atoms with E-state index in [1.165, 1.54) is 0 Å². The van der Waals surface area contributed by atoms with Gasteiger partial charge in [-0.3, -0.25) is 14.4 Å². The number of thioether (sulfide) groups is 1. The molecule has 188 valence electrons. The smallest absolute Gasteiger partial charge is 0.310 e. The molecular weight excluding hydrogens is 440 g/mol. The Morgan fingerprint density at radius 3 is 2.52 bits per heavy atom. The Labute approximate surface area is 202 Å². The number of aliphatic hydroxyl groups is 1. The first-order chi connectivity index (χ1) is 15.4. The molecule has 0 aromatic rings. The van der Waals surface area contributed by atoms with Crippen molar-refractivity contribution >= 4 is 29.5 Å². The second kappa shape index (κ2) is 9.76.